The maximum Gasteiger partial charge on any atom is 0.221 e. The first kappa shape index (κ1) is 12.7. The summed E-state index contributed by atoms with van der Waals surface area (Å²) in [4.78, 5) is 8.16. The van der Waals surface area contributed by atoms with E-state index in [1.54, 1.807) is 18.9 Å². The third kappa shape index (κ3) is 3.63. The Morgan fingerprint density at radius 1 is 1.56 bits per heavy atom. The molecule has 4 nitrogen and oxygen atoms in total. The molecule has 0 aliphatic rings. The zero-order chi connectivity index (χ0) is 11.8. The molecule has 0 aliphatic heterocycles. The molecule has 16 heavy (non-hydrogen) atoms. The highest BCUT2D eigenvalue weighted by molar-refractivity contribution is 7.99. The molecule has 86 valence electrons. The van der Waals surface area contributed by atoms with Crippen molar-refractivity contribution in [2.45, 2.75) is 6.92 Å². The Morgan fingerprint density at radius 2 is 2.38 bits per heavy atom. The highest BCUT2D eigenvalue weighted by Gasteiger charge is 2.05. The maximum absolute atomic E-state index is 5.16. The molecule has 0 bridgehead atoms. The smallest absolute Gasteiger partial charge is 0.221 e. The van der Waals surface area contributed by atoms with E-state index in [0.717, 1.165) is 29.4 Å². The molecule has 5 heteroatoms. The molecule has 1 aromatic heterocycles. The minimum absolute atomic E-state index is 0.605. The average molecular weight is 237 g/mol. The summed E-state index contributed by atoms with van der Waals surface area (Å²) < 4.78 is 5.11. The topological polar surface area (TPSA) is 47.0 Å². The van der Waals surface area contributed by atoms with E-state index < -0.39 is 0 Å². The van der Waals surface area contributed by atoms with Gasteiger partial charge in [-0.3, -0.25) is 0 Å². The molecular weight excluding hydrogens is 222 g/mol. The van der Waals surface area contributed by atoms with Gasteiger partial charge in [-0.2, -0.15) is 0 Å². The Kier molecular flexibility index (Phi) is 5.51. The fraction of sp³-hybridized carbons (Fsp3) is 0.455. The molecule has 0 unspecified atom stereocenters. The summed E-state index contributed by atoms with van der Waals surface area (Å²) in [6.45, 7) is 2.75. The van der Waals surface area contributed by atoms with Gasteiger partial charge in [0, 0.05) is 12.3 Å². The number of nitrogens with zero attached hydrogens (tertiary/aromatic N) is 2. The first-order valence-electron chi connectivity index (χ1n) is 4.90. The standard InChI is InChI=1S/C11H15N3OS/c1-4-6-16-7-5-12-10-9(2)11(15-3)14-8-13-10/h1,8H,5-7H2,2-3H3,(H,12,13,14). The lowest BCUT2D eigenvalue weighted by molar-refractivity contribution is 0.393. The summed E-state index contributed by atoms with van der Waals surface area (Å²) in [6.07, 6.45) is 6.64. The number of aromatic nitrogens is 2. The van der Waals surface area contributed by atoms with Crippen molar-refractivity contribution >= 4 is 17.6 Å². The molecule has 0 aliphatic carbocycles. The predicted molar refractivity (Wildman–Crippen MR) is 68.0 cm³/mol. The second-order valence-corrected chi connectivity index (χ2v) is 4.15. The van der Waals surface area contributed by atoms with Gasteiger partial charge in [0.05, 0.1) is 18.4 Å². The molecule has 0 spiro atoms. The molecule has 0 radical (unpaired) electrons. The lowest BCUT2D eigenvalue weighted by Gasteiger charge is -2.09. The number of methoxy groups -OCH3 is 1. The first-order chi connectivity index (χ1) is 7.79. The molecule has 1 aromatic rings. The number of anilines is 1. The van der Waals surface area contributed by atoms with Crippen LogP contribution in [0.2, 0.25) is 0 Å². The fourth-order valence-electron chi connectivity index (χ4n) is 1.19. The van der Waals surface area contributed by atoms with E-state index in [4.69, 9.17) is 11.2 Å². The fourth-order valence-corrected chi connectivity index (χ4v) is 1.70. The van der Waals surface area contributed by atoms with Crippen LogP contribution in [0.25, 0.3) is 0 Å². The lowest BCUT2D eigenvalue weighted by Crippen LogP contribution is -2.08. The van der Waals surface area contributed by atoms with Crippen LogP contribution < -0.4 is 10.1 Å². The quantitative estimate of drug-likeness (QED) is 0.601. The maximum atomic E-state index is 5.16. The lowest BCUT2D eigenvalue weighted by atomic mass is 10.3. The Balaban J connectivity index is 2.45. The van der Waals surface area contributed by atoms with Crippen LogP contribution in [0, 0.1) is 19.3 Å². The molecule has 1 rings (SSSR count). The van der Waals surface area contributed by atoms with Gasteiger partial charge >= 0.3 is 0 Å². The van der Waals surface area contributed by atoms with Crippen LogP contribution in [-0.4, -0.2) is 35.1 Å². The second kappa shape index (κ2) is 6.96. The van der Waals surface area contributed by atoms with Crippen molar-refractivity contribution < 1.29 is 4.74 Å². The third-order valence-electron chi connectivity index (χ3n) is 1.96. The summed E-state index contributed by atoms with van der Waals surface area (Å²) in [5, 5.41) is 3.23. The molecule has 0 amide bonds. The second-order valence-electron chi connectivity index (χ2n) is 3.04. The summed E-state index contributed by atoms with van der Waals surface area (Å²) >= 11 is 1.72. The number of hydrogen-bond donors (Lipinski definition) is 1. The number of thioether (sulfide) groups is 1. The Morgan fingerprint density at radius 3 is 3.06 bits per heavy atom. The van der Waals surface area contributed by atoms with Crippen molar-refractivity contribution in [3.8, 4) is 18.2 Å². The number of rotatable bonds is 6. The van der Waals surface area contributed by atoms with E-state index in [0.29, 0.717) is 5.88 Å². The van der Waals surface area contributed by atoms with Crippen molar-refractivity contribution in [2.24, 2.45) is 0 Å². The zero-order valence-corrected chi connectivity index (χ0v) is 10.3. The Bertz CT molecular complexity index is 376. The first-order valence-corrected chi connectivity index (χ1v) is 6.05. The minimum atomic E-state index is 0.605. The largest absolute Gasteiger partial charge is 0.481 e. The van der Waals surface area contributed by atoms with Gasteiger partial charge in [-0.25, -0.2) is 9.97 Å². The number of terminal acetylenes is 1. The van der Waals surface area contributed by atoms with Gasteiger partial charge in [-0.05, 0) is 6.92 Å². The van der Waals surface area contributed by atoms with E-state index >= 15 is 0 Å². The highest BCUT2D eigenvalue weighted by atomic mass is 32.2. The van der Waals surface area contributed by atoms with Crippen molar-refractivity contribution in [2.75, 3.05) is 30.5 Å². The van der Waals surface area contributed by atoms with Gasteiger partial charge in [0.2, 0.25) is 5.88 Å². The summed E-state index contributed by atoms with van der Waals surface area (Å²) in [6, 6.07) is 0. The van der Waals surface area contributed by atoms with Gasteiger partial charge in [0.15, 0.2) is 0 Å². The molecule has 0 atom stereocenters. The molecule has 0 fully saturated rings. The van der Waals surface area contributed by atoms with Crippen LogP contribution in [0.15, 0.2) is 6.33 Å². The van der Waals surface area contributed by atoms with Gasteiger partial charge in [0.25, 0.3) is 0 Å². The Labute approximate surface area is 100 Å². The van der Waals surface area contributed by atoms with Crippen LogP contribution in [-0.2, 0) is 0 Å². The summed E-state index contributed by atoms with van der Waals surface area (Å²) in [5.74, 6) is 5.70. The normalized spacial score (nSPS) is 9.56. The third-order valence-corrected chi connectivity index (χ3v) is 2.82. The van der Waals surface area contributed by atoms with Crippen molar-refractivity contribution in [1.29, 1.82) is 0 Å². The van der Waals surface area contributed by atoms with Crippen LogP contribution in [0.3, 0.4) is 0 Å². The van der Waals surface area contributed by atoms with Crippen molar-refractivity contribution in [3.63, 3.8) is 0 Å². The SMILES string of the molecule is C#CCSCCNc1ncnc(OC)c1C. The Hall–Kier alpha value is -1.41. The average Bonchev–Trinajstić information content (AvgIpc) is 2.31. The van der Waals surface area contributed by atoms with Gasteiger partial charge in [-0.15, -0.1) is 18.2 Å². The number of hydrogen-bond acceptors (Lipinski definition) is 5. The van der Waals surface area contributed by atoms with Crippen LogP contribution >= 0.6 is 11.8 Å². The van der Waals surface area contributed by atoms with Crippen molar-refractivity contribution in [3.05, 3.63) is 11.9 Å². The van der Waals surface area contributed by atoms with Gasteiger partial charge < -0.3 is 10.1 Å². The number of nitrogens with one attached hydrogen (secondary N) is 1. The molecule has 1 N–H and O–H groups in total. The predicted octanol–water partition coefficient (Wildman–Crippen LogP) is 1.57. The van der Waals surface area contributed by atoms with E-state index in [9.17, 15) is 0 Å². The van der Waals surface area contributed by atoms with Crippen LogP contribution in [0.4, 0.5) is 5.82 Å². The number of ether oxygens (including phenoxy) is 1. The summed E-state index contributed by atoms with van der Waals surface area (Å²) in [7, 11) is 1.60. The monoisotopic (exact) mass is 237 g/mol. The van der Waals surface area contributed by atoms with E-state index in [1.807, 2.05) is 6.92 Å². The zero-order valence-electron chi connectivity index (χ0n) is 9.49. The van der Waals surface area contributed by atoms with E-state index in [1.165, 1.54) is 6.33 Å². The van der Waals surface area contributed by atoms with Gasteiger partial charge in [-0.1, -0.05) is 5.92 Å². The molecule has 0 aromatic carbocycles. The highest BCUT2D eigenvalue weighted by Crippen LogP contribution is 2.19. The summed E-state index contributed by atoms with van der Waals surface area (Å²) in [5.41, 5.74) is 0.923. The van der Waals surface area contributed by atoms with E-state index in [-0.39, 0.29) is 0 Å². The molecule has 1 heterocycles. The van der Waals surface area contributed by atoms with Gasteiger partial charge in [0.1, 0.15) is 12.1 Å². The van der Waals surface area contributed by atoms with E-state index in [2.05, 4.69) is 21.2 Å². The van der Waals surface area contributed by atoms with Crippen molar-refractivity contribution in [1.82, 2.24) is 9.97 Å². The molecular formula is C11H15N3OS. The van der Waals surface area contributed by atoms with Crippen LogP contribution in [0.5, 0.6) is 5.88 Å². The minimum Gasteiger partial charge on any atom is -0.481 e. The molecule has 0 saturated heterocycles. The van der Waals surface area contributed by atoms with Crippen LogP contribution in [0.1, 0.15) is 5.56 Å². The molecule has 0 saturated carbocycles.